The summed E-state index contributed by atoms with van der Waals surface area (Å²) in [5.74, 6) is -4.89. The molecular weight excluding hydrogens is 257 g/mol. The highest BCUT2D eigenvalue weighted by molar-refractivity contribution is 5.95. The van der Waals surface area contributed by atoms with E-state index >= 15 is 0 Å². The summed E-state index contributed by atoms with van der Waals surface area (Å²) in [5, 5.41) is 0. The third-order valence-corrected chi connectivity index (χ3v) is 3.67. The number of rotatable bonds is 2. The molecule has 0 aliphatic carbocycles. The number of carbonyl (C=O) groups is 1. The van der Waals surface area contributed by atoms with E-state index in [0.29, 0.717) is 0 Å². The van der Waals surface area contributed by atoms with Crippen molar-refractivity contribution in [1.82, 2.24) is 4.90 Å². The molecule has 1 saturated heterocycles. The summed E-state index contributed by atoms with van der Waals surface area (Å²) >= 11 is 0. The van der Waals surface area contributed by atoms with E-state index in [2.05, 4.69) is 0 Å². The summed E-state index contributed by atoms with van der Waals surface area (Å²) in [7, 11) is 0. The molecule has 0 bridgehead atoms. The van der Waals surface area contributed by atoms with Gasteiger partial charge in [0.15, 0.2) is 17.5 Å². The molecule has 1 heterocycles. The van der Waals surface area contributed by atoms with Gasteiger partial charge in [0.1, 0.15) is 0 Å². The molecular formula is C13H15F3N2O. The Morgan fingerprint density at radius 1 is 1.26 bits per heavy atom. The zero-order chi connectivity index (χ0) is 14.4. The molecule has 0 aromatic heterocycles. The van der Waals surface area contributed by atoms with Gasteiger partial charge in [-0.25, -0.2) is 13.2 Å². The summed E-state index contributed by atoms with van der Waals surface area (Å²) in [6.45, 7) is 4.42. The van der Waals surface area contributed by atoms with E-state index in [1.807, 2.05) is 13.8 Å². The van der Waals surface area contributed by atoms with Crippen LogP contribution in [-0.2, 0) is 0 Å². The van der Waals surface area contributed by atoms with Crippen molar-refractivity contribution in [1.29, 1.82) is 0 Å². The predicted molar refractivity (Wildman–Crippen MR) is 64.0 cm³/mol. The first-order valence-electron chi connectivity index (χ1n) is 5.98. The quantitative estimate of drug-likeness (QED) is 0.836. The Bertz CT molecular complexity index is 525. The Hall–Kier alpha value is -1.56. The van der Waals surface area contributed by atoms with E-state index in [1.165, 1.54) is 4.90 Å². The fraction of sp³-hybridized carbons (Fsp3) is 0.462. The Morgan fingerprint density at radius 3 is 2.37 bits per heavy atom. The van der Waals surface area contributed by atoms with Crippen LogP contribution >= 0.6 is 0 Å². The van der Waals surface area contributed by atoms with Crippen molar-refractivity contribution in [3.8, 4) is 0 Å². The lowest BCUT2D eigenvalue weighted by atomic mass is 9.80. The molecule has 104 valence electrons. The highest BCUT2D eigenvalue weighted by Crippen LogP contribution is 2.28. The first-order chi connectivity index (χ1) is 8.76. The molecule has 1 fully saturated rings. The second kappa shape index (κ2) is 4.52. The van der Waals surface area contributed by atoms with Crippen molar-refractivity contribution < 1.29 is 18.0 Å². The molecule has 0 spiro atoms. The van der Waals surface area contributed by atoms with Crippen molar-refractivity contribution >= 4 is 5.91 Å². The van der Waals surface area contributed by atoms with Crippen LogP contribution in [0.25, 0.3) is 0 Å². The Balaban J connectivity index is 2.18. The van der Waals surface area contributed by atoms with Gasteiger partial charge in [0, 0.05) is 13.1 Å². The molecule has 0 atom stereocenters. The lowest BCUT2D eigenvalue weighted by Crippen LogP contribution is -2.71. The maximum absolute atomic E-state index is 13.5. The van der Waals surface area contributed by atoms with Crippen LogP contribution in [0.5, 0.6) is 0 Å². The minimum Gasteiger partial charge on any atom is -0.335 e. The normalized spacial score (nSPS) is 17.5. The topological polar surface area (TPSA) is 46.3 Å². The van der Waals surface area contributed by atoms with Crippen molar-refractivity contribution in [3.63, 3.8) is 0 Å². The highest BCUT2D eigenvalue weighted by atomic mass is 19.2. The number of benzene rings is 1. The fourth-order valence-corrected chi connectivity index (χ4v) is 2.03. The summed E-state index contributed by atoms with van der Waals surface area (Å²) in [4.78, 5) is 13.3. The zero-order valence-corrected chi connectivity index (χ0v) is 10.7. The van der Waals surface area contributed by atoms with E-state index < -0.39 is 34.5 Å². The minimum absolute atomic E-state index is 0.173. The van der Waals surface area contributed by atoms with E-state index in [1.54, 1.807) is 0 Å². The average Bonchev–Trinajstić information content (AvgIpc) is 2.31. The molecule has 2 rings (SSSR count). The smallest absolute Gasteiger partial charge is 0.257 e. The molecule has 0 radical (unpaired) electrons. The van der Waals surface area contributed by atoms with Crippen LogP contribution in [-0.4, -0.2) is 29.4 Å². The first-order valence-corrected chi connectivity index (χ1v) is 5.98. The van der Waals surface area contributed by atoms with Crippen LogP contribution in [0.1, 0.15) is 24.2 Å². The summed E-state index contributed by atoms with van der Waals surface area (Å²) in [6, 6.07) is 1.69. The second-order valence-corrected chi connectivity index (χ2v) is 5.27. The van der Waals surface area contributed by atoms with Crippen molar-refractivity contribution in [2.45, 2.75) is 19.4 Å². The van der Waals surface area contributed by atoms with Crippen LogP contribution in [0.4, 0.5) is 13.2 Å². The number of hydrogen-bond donors (Lipinski definition) is 1. The molecule has 3 nitrogen and oxygen atoms in total. The van der Waals surface area contributed by atoms with Crippen molar-refractivity contribution in [2.24, 2.45) is 11.7 Å². The molecule has 0 saturated carbocycles. The Kier molecular flexibility index (Phi) is 3.30. The lowest BCUT2D eigenvalue weighted by molar-refractivity contribution is 0.0270. The maximum atomic E-state index is 13.5. The van der Waals surface area contributed by atoms with Crippen molar-refractivity contribution in [2.75, 3.05) is 13.1 Å². The van der Waals surface area contributed by atoms with E-state index in [4.69, 9.17) is 5.73 Å². The summed E-state index contributed by atoms with van der Waals surface area (Å²) in [6.07, 6.45) is 0. The SMILES string of the molecule is CC(C)C1(N)CN(C(=O)c2ccc(F)c(F)c2F)C1. The third-order valence-electron chi connectivity index (χ3n) is 3.67. The lowest BCUT2D eigenvalue weighted by Gasteiger charge is -2.50. The van der Waals surface area contributed by atoms with Gasteiger partial charge in [-0.1, -0.05) is 13.8 Å². The molecule has 1 aliphatic heterocycles. The standard InChI is InChI=1S/C13H15F3N2O/c1-7(2)13(17)5-18(6-13)12(19)8-3-4-9(14)11(16)10(8)15/h3-4,7H,5-6,17H2,1-2H3. The summed E-state index contributed by atoms with van der Waals surface area (Å²) in [5.41, 5.74) is 5.06. The summed E-state index contributed by atoms with van der Waals surface area (Å²) < 4.78 is 39.4. The zero-order valence-electron chi connectivity index (χ0n) is 10.7. The molecule has 1 aromatic rings. The largest absolute Gasteiger partial charge is 0.335 e. The monoisotopic (exact) mass is 272 g/mol. The van der Waals surface area contributed by atoms with Crippen LogP contribution in [0.2, 0.25) is 0 Å². The van der Waals surface area contributed by atoms with Crippen LogP contribution < -0.4 is 5.73 Å². The molecule has 1 amide bonds. The van der Waals surface area contributed by atoms with E-state index in [9.17, 15) is 18.0 Å². The van der Waals surface area contributed by atoms with Gasteiger partial charge in [-0.05, 0) is 18.1 Å². The second-order valence-electron chi connectivity index (χ2n) is 5.27. The average molecular weight is 272 g/mol. The van der Waals surface area contributed by atoms with Crippen molar-refractivity contribution in [3.05, 3.63) is 35.1 Å². The van der Waals surface area contributed by atoms with Gasteiger partial charge in [-0.2, -0.15) is 0 Å². The Morgan fingerprint density at radius 2 is 1.84 bits per heavy atom. The van der Waals surface area contributed by atoms with Crippen LogP contribution in [0.15, 0.2) is 12.1 Å². The maximum Gasteiger partial charge on any atom is 0.257 e. The molecule has 2 N–H and O–H groups in total. The Labute approximate surface area is 109 Å². The van der Waals surface area contributed by atoms with Gasteiger partial charge in [0.2, 0.25) is 0 Å². The first kappa shape index (κ1) is 13.9. The van der Waals surface area contributed by atoms with Crippen LogP contribution in [0, 0.1) is 23.4 Å². The number of nitrogens with zero attached hydrogens (tertiary/aromatic N) is 1. The number of halogens is 3. The van der Waals surface area contributed by atoms with Gasteiger partial charge >= 0.3 is 0 Å². The molecule has 1 aliphatic rings. The van der Waals surface area contributed by atoms with Gasteiger partial charge < -0.3 is 10.6 Å². The fourth-order valence-electron chi connectivity index (χ4n) is 2.03. The molecule has 19 heavy (non-hydrogen) atoms. The minimum atomic E-state index is -1.63. The number of carbonyl (C=O) groups excluding carboxylic acids is 1. The number of likely N-dealkylation sites (tertiary alicyclic amines) is 1. The predicted octanol–water partition coefficient (Wildman–Crippen LogP) is 1.91. The van der Waals surface area contributed by atoms with Gasteiger partial charge in [0.05, 0.1) is 11.1 Å². The highest BCUT2D eigenvalue weighted by Gasteiger charge is 2.44. The molecule has 6 heteroatoms. The number of amides is 1. The van der Waals surface area contributed by atoms with E-state index in [-0.39, 0.29) is 19.0 Å². The van der Waals surface area contributed by atoms with Crippen LogP contribution in [0.3, 0.4) is 0 Å². The number of nitrogens with two attached hydrogens (primary N) is 1. The number of hydrogen-bond acceptors (Lipinski definition) is 2. The van der Waals surface area contributed by atoms with Gasteiger partial charge in [0.25, 0.3) is 5.91 Å². The van der Waals surface area contributed by atoms with Gasteiger partial charge in [-0.15, -0.1) is 0 Å². The third kappa shape index (κ3) is 2.20. The molecule has 0 unspecified atom stereocenters. The molecule has 1 aromatic carbocycles. The van der Waals surface area contributed by atoms with E-state index in [0.717, 1.165) is 12.1 Å². The van der Waals surface area contributed by atoms with Gasteiger partial charge in [-0.3, -0.25) is 4.79 Å².